The number of rotatable bonds is 4. The van der Waals surface area contributed by atoms with E-state index in [1.165, 1.54) is 11.3 Å². The molecule has 0 radical (unpaired) electrons. The van der Waals surface area contributed by atoms with E-state index in [0.29, 0.717) is 37.9 Å². The zero-order chi connectivity index (χ0) is 18.6. The third-order valence-electron chi connectivity index (χ3n) is 4.31. The molecule has 1 fully saturated rings. The molecule has 0 saturated carbocycles. The van der Waals surface area contributed by atoms with Gasteiger partial charge in [-0.1, -0.05) is 0 Å². The molecule has 3 aromatic rings. The third kappa shape index (κ3) is 3.69. The number of thiazole rings is 1. The summed E-state index contributed by atoms with van der Waals surface area (Å²) in [4.78, 5) is 23.4. The largest absolute Gasteiger partial charge is 0.481 e. The summed E-state index contributed by atoms with van der Waals surface area (Å²) in [5.74, 6) is 0.416. The van der Waals surface area contributed by atoms with E-state index in [4.69, 9.17) is 9.47 Å². The van der Waals surface area contributed by atoms with E-state index >= 15 is 0 Å². The van der Waals surface area contributed by atoms with Crippen LogP contribution in [0.2, 0.25) is 0 Å². The van der Waals surface area contributed by atoms with Gasteiger partial charge >= 0.3 is 0 Å². The van der Waals surface area contributed by atoms with Crippen molar-refractivity contribution in [1.29, 1.82) is 0 Å². The molecule has 0 atom stereocenters. The summed E-state index contributed by atoms with van der Waals surface area (Å²) >= 11 is 1.49. The van der Waals surface area contributed by atoms with Gasteiger partial charge in [0.15, 0.2) is 5.69 Å². The summed E-state index contributed by atoms with van der Waals surface area (Å²) in [6.07, 6.45) is 2.49. The highest BCUT2D eigenvalue weighted by atomic mass is 32.1. The first-order chi connectivity index (χ1) is 13.3. The van der Waals surface area contributed by atoms with E-state index in [1.807, 2.05) is 11.4 Å². The number of aromatic nitrogens is 4. The van der Waals surface area contributed by atoms with Gasteiger partial charge in [0.25, 0.3) is 5.91 Å². The second kappa shape index (κ2) is 7.85. The molecule has 0 bridgehead atoms. The van der Waals surface area contributed by atoms with Crippen molar-refractivity contribution >= 4 is 17.2 Å². The Morgan fingerprint density at radius 2 is 2.19 bits per heavy atom. The summed E-state index contributed by atoms with van der Waals surface area (Å²) in [6, 6.07) is 5.39. The highest BCUT2D eigenvalue weighted by Crippen LogP contribution is 2.25. The maximum absolute atomic E-state index is 13.0. The van der Waals surface area contributed by atoms with Crippen LogP contribution < -0.4 is 4.74 Å². The SMILES string of the molecule is COc1ccc(-n2nc(C(=O)N3CCCOCC3)cc2-c2cscn2)cn1. The molecule has 0 N–H and O–H groups in total. The Hall–Kier alpha value is -2.78. The van der Waals surface area contributed by atoms with Gasteiger partial charge in [0.1, 0.15) is 0 Å². The molecule has 1 aliphatic rings. The van der Waals surface area contributed by atoms with Crippen LogP contribution in [-0.4, -0.2) is 64.0 Å². The summed E-state index contributed by atoms with van der Waals surface area (Å²) in [7, 11) is 1.57. The molecule has 0 spiro atoms. The summed E-state index contributed by atoms with van der Waals surface area (Å²) < 4.78 is 12.3. The second-order valence-electron chi connectivity index (χ2n) is 6.02. The van der Waals surface area contributed by atoms with Gasteiger partial charge in [0.2, 0.25) is 5.88 Å². The van der Waals surface area contributed by atoms with Gasteiger partial charge in [-0.05, 0) is 18.6 Å². The van der Waals surface area contributed by atoms with Crippen LogP contribution in [0.4, 0.5) is 0 Å². The number of ether oxygens (including phenoxy) is 2. The van der Waals surface area contributed by atoms with E-state index in [0.717, 1.165) is 23.5 Å². The fourth-order valence-corrected chi connectivity index (χ4v) is 3.48. The lowest BCUT2D eigenvalue weighted by atomic mass is 10.2. The van der Waals surface area contributed by atoms with Crippen LogP contribution in [0.25, 0.3) is 17.1 Å². The zero-order valence-electron chi connectivity index (χ0n) is 14.9. The smallest absolute Gasteiger partial charge is 0.274 e. The maximum atomic E-state index is 13.0. The van der Waals surface area contributed by atoms with Gasteiger partial charge in [-0.3, -0.25) is 4.79 Å². The Balaban J connectivity index is 1.72. The normalized spacial score (nSPS) is 14.8. The first-order valence-electron chi connectivity index (χ1n) is 8.62. The van der Waals surface area contributed by atoms with Crippen molar-refractivity contribution in [2.45, 2.75) is 6.42 Å². The molecule has 3 aromatic heterocycles. The Bertz CT molecular complexity index is 900. The Labute approximate surface area is 160 Å². The Morgan fingerprint density at radius 1 is 1.26 bits per heavy atom. The number of nitrogens with zero attached hydrogens (tertiary/aromatic N) is 5. The van der Waals surface area contributed by atoms with Crippen LogP contribution in [0.15, 0.2) is 35.3 Å². The number of pyridine rings is 1. The van der Waals surface area contributed by atoms with Crippen LogP contribution in [0.5, 0.6) is 5.88 Å². The lowest BCUT2D eigenvalue weighted by Gasteiger charge is -2.17. The fraction of sp³-hybridized carbons (Fsp3) is 0.333. The lowest BCUT2D eigenvalue weighted by molar-refractivity contribution is 0.0735. The molecular formula is C18H19N5O3S. The van der Waals surface area contributed by atoms with Crippen LogP contribution >= 0.6 is 11.3 Å². The summed E-state index contributed by atoms with van der Waals surface area (Å²) in [5, 5.41) is 6.50. The molecule has 9 heteroatoms. The molecule has 1 saturated heterocycles. The number of amides is 1. The van der Waals surface area contributed by atoms with Crippen LogP contribution in [0, 0.1) is 0 Å². The average molecular weight is 385 g/mol. The molecule has 1 amide bonds. The van der Waals surface area contributed by atoms with Crippen LogP contribution in [-0.2, 0) is 4.74 Å². The first kappa shape index (κ1) is 17.6. The quantitative estimate of drug-likeness (QED) is 0.685. The highest BCUT2D eigenvalue weighted by Gasteiger charge is 2.23. The topological polar surface area (TPSA) is 82.4 Å². The number of methoxy groups -OCH3 is 1. The van der Waals surface area contributed by atoms with Gasteiger partial charge in [-0.15, -0.1) is 11.3 Å². The molecule has 0 unspecified atom stereocenters. The van der Waals surface area contributed by atoms with Gasteiger partial charge in [0, 0.05) is 31.1 Å². The van der Waals surface area contributed by atoms with Gasteiger partial charge in [-0.25, -0.2) is 14.6 Å². The number of hydrogen-bond donors (Lipinski definition) is 0. The number of hydrogen-bond acceptors (Lipinski definition) is 7. The fourth-order valence-electron chi connectivity index (χ4n) is 2.93. The minimum atomic E-state index is -0.0998. The van der Waals surface area contributed by atoms with E-state index < -0.39 is 0 Å². The van der Waals surface area contributed by atoms with Gasteiger partial charge in [-0.2, -0.15) is 5.10 Å². The van der Waals surface area contributed by atoms with Crippen molar-refractivity contribution in [3.05, 3.63) is 41.0 Å². The molecule has 140 valence electrons. The minimum Gasteiger partial charge on any atom is -0.481 e. The van der Waals surface area contributed by atoms with Crippen molar-refractivity contribution < 1.29 is 14.3 Å². The Morgan fingerprint density at radius 3 is 2.93 bits per heavy atom. The lowest BCUT2D eigenvalue weighted by Crippen LogP contribution is -2.33. The minimum absolute atomic E-state index is 0.0998. The summed E-state index contributed by atoms with van der Waals surface area (Å²) in [5.41, 5.74) is 4.39. The molecule has 4 heterocycles. The summed E-state index contributed by atoms with van der Waals surface area (Å²) in [6.45, 7) is 2.47. The zero-order valence-corrected chi connectivity index (χ0v) is 15.7. The van der Waals surface area contributed by atoms with Crippen molar-refractivity contribution in [1.82, 2.24) is 24.6 Å². The highest BCUT2D eigenvalue weighted by molar-refractivity contribution is 7.07. The predicted molar refractivity (Wildman–Crippen MR) is 100 cm³/mol. The van der Waals surface area contributed by atoms with Crippen molar-refractivity contribution in [2.75, 3.05) is 33.4 Å². The Kier molecular flexibility index (Phi) is 5.12. The molecular weight excluding hydrogens is 366 g/mol. The number of carbonyl (C=O) groups excluding carboxylic acids is 1. The molecule has 27 heavy (non-hydrogen) atoms. The van der Waals surface area contributed by atoms with E-state index in [-0.39, 0.29) is 5.91 Å². The van der Waals surface area contributed by atoms with E-state index in [9.17, 15) is 4.79 Å². The standard InChI is InChI=1S/C18H19N5O3S/c1-25-17-4-3-13(10-19-17)23-16(15-11-27-12-20-15)9-14(21-23)18(24)22-5-2-7-26-8-6-22/h3-4,9-12H,2,5-8H2,1H3. The van der Waals surface area contributed by atoms with E-state index in [2.05, 4.69) is 15.1 Å². The first-order valence-corrected chi connectivity index (χ1v) is 9.56. The van der Waals surface area contributed by atoms with Crippen molar-refractivity contribution in [3.63, 3.8) is 0 Å². The molecule has 0 aliphatic carbocycles. The van der Waals surface area contributed by atoms with E-state index in [1.54, 1.807) is 40.5 Å². The monoisotopic (exact) mass is 385 g/mol. The van der Waals surface area contributed by atoms with Crippen molar-refractivity contribution in [2.24, 2.45) is 0 Å². The van der Waals surface area contributed by atoms with Gasteiger partial charge in [0.05, 0.1) is 42.5 Å². The maximum Gasteiger partial charge on any atom is 0.274 e. The molecule has 0 aromatic carbocycles. The third-order valence-corrected chi connectivity index (χ3v) is 4.89. The van der Waals surface area contributed by atoms with Gasteiger partial charge < -0.3 is 14.4 Å². The molecule has 4 rings (SSSR count). The van der Waals surface area contributed by atoms with Crippen LogP contribution in [0.3, 0.4) is 0 Å². The molecule has 8 nitrogen and oxygen atoms in total. The average Bonchev–Trinajstić information content (AvgIpc) is 3.31. The predicted octanol–water partition coefficient (Wildman–Crippen LogP) is 2.26. The number of carbonyl (C=O) groups is 1. The molecule has 1 aliphatic heterocycles. The second-order valence-corrected chi connectivity index (χ2v) is 6.74. The van der Waals surface area contributed by atoms with Crippen LogP contribution in [0.1, 0.15) is 16.9 Å². The van der Waals surface area contributed by atoms with Crippen molar-refractivity contribution in [3.8, 4) is 23.0 Å².